The summed E-state index contributed by atoms with van der Waals surface area (Å²) >= 11 is 7.73. The van der Waals surface area contributed by atoms with E-state index in [1.165, 1.54) is 17.4 Å². The van der Waals surface area contributed by atoms with Crippen molar-refractivity contribution in [3.8, 4) is 10.4 Å². The first-order valence-corrected chi connectivity index (χ1v) is 15.2. The van der Waals surface area contributed by atoms with E-state index < -0.39 is 11.9 Å². The third-order valence-electron chi connectivity index (χ3n) is 7.95. The Morgan fingerprint density at radius 2 is 1.98 bits per heavy atom. The quantitative estimate of drug-likeness (QED) is 0.264. The standard InChI is InChI=1S/C32H30ClFN4O3S/c1-3-21-16-22(39)17-38(21)28-9-5-8-25(35-28)32(41)37-13-12-19-14-27(31(40)36-29-18(2)6-4-7-24(29)34)42-30(19)23-11-10-20(33)15-26(23)37/h4-11,14-15,21-22,39H,3,12-13,16-17H2,1-2H3,(H,36,40)/t21-,22+/m0/s1. The Labute approximate surface area is 252 Å². The summed E-state index contributed by atoms with van der Waals surface area (Å²) in [5.41, 5.74) is 3.46. The van der Waals surface area contributed by atoms with E-state index in [-0.39, 0.29) is 23.5 Å². The van der Waals surface area contributed by atoms with Crippen LogP contribution in [-0.4, -0.2) is 47.1 Å². The molecule has 0 spiro atoms. The SMILES string of the molecule is CC[C@H]1C[C@@H](O)CN1c1cccc(C(=O)N2CCc3cc(C(=O)Nc4c(C)cccc4F)sc3-c3ccc(Cl)cc32)n1. The maximum Gasteiger partial charge on any atom is 0.276 e. The smallest absolute Gasteiger partial charge is 0.276 e. The largest absolute Gasteiger partial charge is 0.391 e. The van der Waals surface area contributed by atoms with E-state index in [0.29, 0.717) is 58.6 Å². The molecule has 2 aromatic heterocycles. The zero-order chi connectivity index (χ0) is 29.5. The molecular weight excluding hydrogens is 575 g/mol. The number of rotatable bonds is 5. The summed E-state index contributed by atoms with van der Waals surface area (Å²) in [6.07, 6.45) is 1.64. The summed E-state index contributed by atoms with van der Waals surface area (Å²) in [6, 6.07) is 17.4. The van der Waals surface area contributed by atoms with Gasteiger partial charge in [-0.1, -0.05) is 36.7 Å². The molecule has 216 valence electrons. The van der Waals surface area contributed by atoms with Gasteiger partial charge in [0.1, 0.15) is 17.3 Å². The number of nitrogens with zero attached hydrogens (tertiary/aromatic N) is 3. The average Bonchev–Trinajstić information content (AvgIpc) is 3.55. The number of pyridine rings is 1. The van der Waals surface area contributed by atoms with Crippen LogP contribution in [0.4, 0.5) is 21.6 Å². The Balaban J connectivity index is 1.32. The fourth-order valence-electron chi connectivity index (χ4n) is 5.80. The molecule has 4 aromatic rings. The number of aliphatic hydroxyl groups excluding tert-OH is 1. The van der Waals surface area contributed by atoms with Crippen LogP contribution in [0.3, 0.4) is 0 Å². The van der Waals surface area contributed by atoms with E-state index in [1.807, 2.05) is 24.3 Å². The molecule has 0 radical (unpaired) electrons. The van der Waals surface area contributed by atoms with E-state index >= 15 is 0 Å². The fraction of sp³-hybridized carbons (Fsp3) is 0.281. The number of benzene rings is 2. The second-order valence-corrected chi connectivity index (χ2v) is 12.2. The number of para-hydroxylation sites is 1. The molecule has 1 fully saturated rings. The summed E-state index contributed by atoms with van der Waals surface area (Å²) in [6.45, 7) is 4.67. The van der Waals surface area contributed by atoms with Gasteiger partial charge >= 0.3 is 0 Å². The molecule has 4 heterocycles. The Morgan fingerprint density at radius 3 is 2.76 bits per heavy atom. The highest BCUT2D eigenvalue weighted by molar-refractivity contribution is 7.17. The molecule has 2 aliphatic heterocycles. The number of halogens is 2. The van der Waals surface area contributed by atoms with Gasteiger partial charge in [-0.25, -0.2) is 9.37 Å². The minimum absolute atomic E-state index is 0.165. The molecule has 2 amide bonds. The number of carbonyl (C=O) groups excluding carboxylic acids is 2. The zero-order valence-electron chi connectivity index (χ0n) is 23.2. The molecule has 2 N–H and O–H groups in total. The summed E-state index contributed by atoms with van der Waals surface area (Å²) < 4.78 is 14.4. The van der Waals surface area contributed by atoms with Gasteiger partial charge in [0.15, 0.2) is 0 Å². The van der Waals surface area contributed by atoms with Crippen LogP contribution in [0.25, 0.3) is 10.4 Å². The maximum atomic E-state index is 14.4. The van der Waals surface area contributed by atoms with Crippen molar-refractivity contribution in [2.75, 3.05) is 28.2 Å². The van der Waals surface area contributed by atoms with Crippen LogP contribution in [0.5, 0.6) is 0 Å². The Hall–Kier alpha value is -3.79. The van der Waals surface area contributed by atoms with Gasteiger partial charge in [-0.3, -0.25) is 9.59 Å². The van der Waals surface area contributed by atoms with E-state index in [9.17, 15) is 19.1 Å². The first-order valence-electron chi connectivity index (χ1n) is 14.0. The van der Waals surface area contributed by atoms with Crippen LogP contribution in [-0.2, 0) is 6.42 Å². The molecule has 7 nitrogen and oxygen atoms in total. The molecule has 0 aliphatic carbocycles. The number of fused-ring (bicyclic) bond motifs is 3. The van der Waals surface area contributed by atoms with E-state index in [0.717, 1.165) is 22.4 Å². The number of hydrogen-bond acceptors (Lipinski definition) is 6. The molecule has 42 heavy (non-hydrogen) atoms. The average molecular weight is 605 g/mol. The number of anilines is 3. The van der Waals surface area contributed by atoms with Crippen molar-refractivity contribution in [2.24, 2.45) is 0 Å². The number of β-amino-alcohol motifs (C(OH)–C–C–N with tert-alkyl or cyclic N) is 1. The molecule has 2 atom stereocenters. The fourth-order valence-corrected chi connectivity index (χ4v) is 7.11. The van der Waals surface area contributed by atoms with Crippen LogP contribution in [0.2, 0.25) is 5.02 Å². The van der Waals surface area contributed by atoms with Gasteiger partial charge in [0, 0.05) is 34.6 Å². The van der Waals surface area contributed by atoms with Crippen LogP contribution >= 0.6 is 22.9 Å². The van der Waals surface area contributed by atoms with Gasteiger partial charge in [-0.05, 0) is 79.8 Å². The number of aryl methyl sites for hydroxylation is 1. The van der Waals surface area contributed by atoms with Gasteiger partial charge in [0.25, 0.3) is 11.8 Å². The number of thiophene rings is 1. The van der Waals surface area contributed by atoms with Crippen LogP contribution in [0.1, 0.15) is 51.1 Å². The number of nitrogens with one attached hydrogen (secondary N) is 1. The van der Waals surface area contributed by atoms with E-state index in [4.69, 9.17) is 16.6 Å². The van der Waals surface area contributed by atoms with Crippen molar-refractivity contribution >= 4 is 51.9 Å². The number of hydrogen-bond donors (Lipinski definition) is 2. The number of aromatic nitrogens is 1. The van der Waals surface area contributed by atoms with Gasteiger partial charge in [-0.15, -0.1) is 11.3 Å². The molecule has 2 aromatic carbocycles. The lowest BCUT2D eigenvalue weighted by atomic mass is 10.1. The predicted molar refractivity (Wildman–Crippen MR) is 166 cm³/mol. The molecule has 6 rings (SSSR count). The molecule has 2 aliphatic rings. The summed E-state index contributed by atoms with van der Waals surface area (Å²) in [5, 5.41) is 13.4. The van der Waals surface area contributed by atoms with Gasteiger partial charge in [0.2, 0.25) is 0 Å². The van der Waals surface area contributed by atoms with Gasteiger partial charge < -0.3 is 20.2 Å². The summed E-state index contributed by atoms with van der Waals surface area (Å²) in [7, 11) is 0. The zero-order valence-corrected chi connectivity index (χ0v) is 24.8. The van der Waals surface area contributed by atoms with Crippen LogP contribution in [0, 0.1) is 12.7 Å². The number of aliphatic hydroxyl groups is 1. The highest BCUT2D eigenvalue weighted by atomic mass is 35.5. The second kappa shape index (κ2) is 11.5. The first-order chi connectivity index (χ1) is 20.2. The predicted octanol–water partition coefficient (Wildman–Crippen LogP) is 6.72. The Bertz CT molecular complexity index is 1670. The third kappa shape index (κ3) is 5.28. The molecule has 0 unspecified atom stereocenters. The molecule has 1 saturated heterocycles. The molecular formula is C32H30ClFN4O3S. The van der Waals surface area contributed by atoms with Gasteiger partial charge in [-0.2, -0.15) is 0 Å². The molecule has 10 heteroatoms. The van der Waals surface area contributed by atoms with Crippen molar-refractivity contribution in [1.82, 2.24) is 4.98 Å². The highest BCUT2D eigenvalue weighted by Gasteiger charge is 2.32. The highest BCUT2D eigenvalue weighted by Crippen LogP contribution is 2.43. The summed E-state index contributed by atoms with van der Waals surface area (Å²) in [4.78, 5) is 37.0. The lowest BCUT2D eigenvalue weighted by Gasteiger charge is -2.26. The van der Waals surface area contributed by atoms with E-state index in [2.05, 4.69) is 17.1 Å². The lowest BCUT2D eigenvalue weighted by Crippen LogP contribution is -2.34. The van der Waals surface area contributed by atoms with Gasteiger partial charge in [0.05, 0.1) is 22.4 Å². The minimum Gasteiger partial charge on any atom is -0.391 e. The van der Waals surface area contributed by atoms with Crippen molar-refractivity contribution in [1.29, 1.82) is 0 Å². The van der Waals surface area contributed by atoms with Crippen molar-refractivity contribution < 1.29 is 19.1 Å². The monoisotopic (exact) mass is 604 g/mol. The molecule has 0 saturated carbocycles. The summed E-state index contributed by atoms with van der Waals surface area (Å²) in [5.74, 6) is -0.455. The Kier molecular flexibility index (Phi) is 7.74. The Morgan fingerprint density at radius 1 is 1.17 bits per heavy atom. The second-order valence-electron chi connectivity index (χ2n) is 10.7. The minimum atomic E-state index is -0.487. The van der Waals surface area contributed by atoms with Crippen LogP contribution in [0.15, 0.2) is 60.7 Å². The lowest BCUT2D eigenvalue weighted by molar-refractivity contribution is 0.0981. The normalized spacial score (nSPS) is 17.9. The van der Waals surface area contributed by atoms with Crippen molar-refractivity contribution in [2.45, 2.75) is 45.3 Å². The maximum absolute atomic E-state index is 14.4. The topological polar surface area (TPSA) is 85.8 Å². The van der Waals surface area contributed by atoms with Crippen molar-refractivity contribution in [3.05, 3.63) is 93.2 Å². The van der Waals surface area contributed by atoms with Crippen molar-refractivity contribution in [3.63, 3.8) is 0 Å². The number of amides is 2. The molecule has 0 bridgehead atoms. The first kappa shape index (κ1) is 28.3. The third-order valence-corrected chi connectivity index (χ3v) is 9.39. The van der Waals surface area contributed by atoms with E-state index in [1.54, 1.807) is 42.2 Å². The number of carbonyl (C=O) groups is 2. The van der Waals surface area contributed by atoms with Crippen LogP contribution < -0.4 is 15.1 Å².